The molecule has 0 aliphatic heterocycles. The molecule has 0 aromatic heterocycles. The molecule has 152 valence electrons. The Balaban J connectivity index is 1.75. The molecule has 1 N–H and O–H groups in total. The zero-order valence-corrected chi connectivity index (χ0v) is 17.2. The van der Waals surface area contributed by atoms with E-state index in [-0.39, 0.29) is 25.2 Å². The quantitative estimate of drug-likeness (QED) is 0.460. The molecule has 0 saturated heterocycles. The number of nitrogens with one attached hydrogen (secondary N) is 1. The molecule has 1 aromatic carbocycles. The molecule has 1 atom stereocenters. The topological polar surface area (TPSA) is 41.6 Å². The van der Waals surface area contributed by atoms with Crippen molar-refractivity contribution in [2.24, 2.45) is 11.8 Å². The van der Waals surface area contributed by atoms with Crippen LogP contribution in [0.25, 0.3) is 0 Å². The summed E-state index contributed by atoms with van der Waals surface area (Å²) in [6, 6.07) is 7.93. The normalized spacial score (nSPS) is 18.9. The lowest BCUT2D eigenvalue weighted by Crippen LogP contribution is -2.32. The van der Waals surface area contributed by atoms with E-state index in [4.69, 9.17) is 4.74 Å². The van der Waals surface area contributed by atoms with E-state index in [1.54, 1.807) is 19.1 Å². The number of benzene rings is 1. The van der Waals surface area contributed by atoms with Gasteiger partial charge < -0.3 is 10.1 Å². The van der Waals surface area contributed by atoms with Crippen LogP contribution in [0.5, 0.6) is 5.75 Å². The van der Waals surface area contributed by atoms with Gasteiger partial charge in [0.25, 0.3) is 0 Å². The molecule has 1 aromatic rings. The Bertz CT molecular complexity index is 596. The fraction of sp³-hybridized carbons (Fsp3) is 0.650. The van der Waals surface area contributed by atoms with E-state index in [0.717, 1.165) is 30.2 Å². The van der Waals surface area contributed by atoms with Crippen LogP contribution in [-0.4, -0.2) is 42.9 Å². The molecule has 1 aliphatic carbocycles. The highest BCUT2D eigenvalue weighted by Gasteiger charge is 2.42. The van der Waals surface area contributed by atoms with Crippen molar-refractivity contribution in [3.8, 4) is 5.75 Å². The molecule has 0 radical (unpaired) electrons. The smallest absolute Gasteiger partial charge is 0.248 e. The van der Waals surface area contributed by atoms with Gasteiger partial charge in [0.1, 0.15) is 5.75 Å². The second-order valence-corrected chi connectivity index (χ2v) is 8.66. The van der Waals surface area contributed by atoms with Gasteiger partial charge in [0.05, 0.1) is 7.11 Å². The first kappa shape index (κ1) is 22.0. The van der Waals surface area contributed by atoms with Gasteiger partial charge in [0.15, 0.2) is 0 Å². The van der Waals surface area contributed by atoms with Gasteiger partial charge in [0.2, 0.25) is 11.8 Å². The van der Waals surface area contributed by atoms with Gasteiger partial charge in [-0.3, -0.25) is 4.79 Å². The van der Waals surface area contributed by atoms with Gasteiger partial charge in [-0.2, -0.15) is 0 Å². The minimum Gasteiger partial charge on any atom is -0.497 e. The standard InChI is InChI=1S/C20H30F2N2O2S/c1-15(2)14-24(27-18-7-5-17(26-3)6-8-18)12-4-11-23-19(25)16-9-10-20(21,22)13-16/h5-8,15-16H,4,9-14H2,1-3H3,(H,23,25). The third-order valence-corrected chi connectivity index (χ3v) is 5.59. The Kier molecular flexibility index (Phi) is 8.35. The summed E-state index contributed by atoms with van der Waals surface area (Å²) in [5, 5.41) is 2.83. The number of hydrogen-bond donors (Lipinski definition) is 1. The fourth-order valence-electron chi connectivity index (χ4n) is 3.15. The van der Waals surface area contributed by atoms with Crippen LogP contribution in [-0.2, 0) is 4.79 Å². The van der Waals surface area contributed by atoms with E-state index < -0.39 is 11.8 Å². The SMILES string of the molecule is COc1ccc(SN(CCCNC(=O)C2CCC(F)(F)C2)CC(C)C)cc1. The molecule has 1 aliphatic rings. The van der Waals surface area contributed by atoms with Crippen molar-refractivity contribution in [2.45, 2.75) is 50.3 Å². The Morgan fingerprint density at radius 1 is 1.37 bits per heavy atom. The Hall–Kier alpha value is -1.34. The van der Waals surface area contributed by atoms with Crippen LogP contribution in [0.1, 0.15) is 39.5 Å². The van der Waals surface area contributed by atoms with Crippen molar-refractivity contribution in [1.29, 1.82) is 0 Å². The number of methoxy groups -OCH3 is 1. The van der Waals surface area contributed by atoms with E-state index in [0.29, 0.717) is 12.5 Å². The monoisotopic (exact) mass is 400 g/mol. The number of nitrogens with zero attached hydrogens (tertiary/aromatic N) is 1. The Labute approximate surface area is 165 Å². The molecule has 0 bridgehead atoms. The molecular weight excluding hydrogens is 370 g/mol. The van der Waals surface area contributed by atoms with Crippen LogP contribution in [0, 0.1) is 11.8 Å². The maximum Gasteiger partial charge on any atom is 0.248 e. The largest absolute Gasteiger partial charge is 0.497 e. The Morgan fingerprint density at radius 2 is 2.07 bits per heavy atom. The summed E-state index contributed by atoms with van der Waals surface area (Å²) in [6.07, 6.45) is 0.577. The van der Waals surface area contributed by atoms with E-state index in [1.165, 1.54) is 0 Å². The first-order valence-corrected chi connectivity index (χ1v) is 10.3. The predicted octanol–water partition coefficient (Wildman–Crippen LogP) is 4.60. The second-order valence-electron chi connectivity index (χ2n) is 7.49. The predicted molar refractivity (Wildman–Crippen MR) is 105 cm³/mol. The summed E-state index contributed by atoms with van der Waals surface area (Å²) in [5.41, 5.74) is 0. The molecule has 0 heterocycles. The maximum absolute atomic E-state index is 13.2. The number of carbonyl (C=O) groups is 1. The van der Waals surface area contributed by atoms with Gasteiger partial charge in [-0.25, -0.2) is 13.1 Å². The molecular formula is C20H30F2N2O2S. The van der Waals surface area contributed by atoms with Crippen LogP contribution < -0.4 is 10.1 Å². The highest BCUT2D eigenvalue weighted by molar-refractivity contribution is 7.97. The van der Waals surface area contributed by atoms with E-state index in [1.807, 2.05) is 24.3 Å². The number of rotatable bonds is 10. The highest BCUT2D eigenvalue weighted by atomic mass is 32.2. The molecule has 1 fully saturated rings. The van der Waals surface area contributed by atoms with Crippen molar-refractivity contribution in [1.82, 2.24) is 9.62 Å². The number of ether oxygens (including phenoxy) is 1. The number of amides is 1. The van der Waals surface area contributed by atoms with Crippen molar-refractivity contribution < 1.29 is 18.3 Å². The van der Waals surface area contributed by atoms with Gasteiger partial charge in [0, 0.05) is 43.3 Å². The lowest BCUT2D eigenvalue weighted by atomic mass is 10.1. The van der Waals surface area contributed by atoms with Crippen molar-refractivity contribution in [3.05, 3.63) is 24.3 Å². The summed E-state index contributed by atoms with van der Waals surface area (Å²) < 4.78 is 33.9. The maximum atomic E-state index is 13.2. The molecule has 1 amide bonds. The van der Waals surface area contributed by atoms with Gasteiger partial charge >= 0.3 is 0 Å². The zero-order valence-electron chi connectivity index (χ0n) is 16.3. The van der Waals surface area contributed by atoms with E-state index >= 15 is 0 Å². The minimum absolute atomic E-state index is 0.175. The summed E-state index contributed by atoms with van der Waals surface area (Å²) in [7, 11) is 1.65. The summed E-state index contributed by atoms with van der Waals surface area (Å²) in [5.74, 6) is -2.10. The molecule has 27 heavy (non-hydrogen) atoms. The van der Waals surface area contributed by atoms with Crippen molar-refractivity contribution >= 4 is 17.9 Å². The van der Waals surface area contributed by atoms with Crippen LogP contribution >= 0.6 is 11.9 Å². The summed E-state index contributed by atoms with van der Waals surface area (Å²) in [6.45, 7) is 6.60. The number of carbonyl (C=O) groups excluding carboxylic acids is 1. The van der Waals surface area contributed by atoms with Gasteiger partial charge in [-0.1, -0.05) is 13.8 Å². The second kappa shape index (κ2) is 10.3. The lowest BCUT2D eigenvalue weighted by molar-refractivity contribution is -0.125. The van der Waals surface area contributed by atoms with Crippen molar-refractivity contribution in [2.75, 3.05) is 26.7 Å². The number of halogens is 2. The lowest BCUT2D eigenvalue weighted by Gasteiger charge is -2.23. The van der Waals surface area contributed by atoms with Crippen LogP contribution in [0.4, 0.5) is 8.78 Å². The first-order valence-electron chi connectivity index (χ1n) is 9.51. The van der Waals surface area contributed by atoms with E-state index in [2.05, 4.69) is 23.5 Å². The molecule has 2 rings (SSSR count). The van der Waals surface area contributed by atoms with Crippen molar-refractivity contribution in [3.63, 3.8) is 0 Å². The molecule has 1 unspecified atom stereocenters. The first-order chi connectivity index (χ1) is 12.8. The highest BCUT2D eigenvalue weighted by Crippen LogP contribution is 2.38. The number of alkyl halides is 2. The molecule has 7 heteroatoms. The zero-order chi connectivity index (χ0) is 19.9. The number of hydrogen-bond acceptors (Lipinski definition) is 4. The molecule has 0 spiro atoms. The van der Waals surface area contributed by atoms with Crippen LogP contribution in [0.15, 0.2) is 29.2 Å². The van der Waals surface area contributed by atoms with Crippen LogP contribution in [0.3, 0.4) is 0 Å². The molecule has 1 saturated carbocycles. The fourth-order valence-corrected chi connectivity index (χ4v) is 4.30. The Morgan fingerprint density at radius 3 is 2.63 bits per heavy atom. The van der Waals surface area contributed by atoms with E-state index in [9.17, 15) is 13.6 Å². The summed E-state index contributed by atoms with van der Waals surface area (Å²) in [4.78, 5) is 13.2. The third-order valence-electron chi connectivity index (χ3n) is 4.52. The van der Waals surface area contributed by atoms with Gasteiger partial charge in [-0.05, 0) is 55.0 Å². The van der Waals surface area contributed by atoms with Crippen LogP contribution in [0.2, 0.25) is 0 Å². The van der Waals surface area contributed by atoms with Gasteiger partial charge in [-0.15, -0.1) is 0 Å². The average molecular weight is 401 g/mol. The summed E-state index contributed by atoms with van der Waals surface area (Å²) >= 11 is 1.69. The minimum atomic E-state index is -2.68. The average Bonchev–Trinajstić information content (AvgIpc) is 2.98. The third kappa shape index (κ3) is 7.66. The molecule has 4 nitrogen and oxygen atoms in total.